The number of nitrogens with zero attached hydrogens (tertiary/aromatic N) is 1. The molecule has 0 bridgehead atoms. The number of pyridine rings is 1. The van der Waals surface area contributed by atoms with Crippen LogP contribution in [0.2, 0.25) is 0 Å². The second-order valence-corrected chi connectivity index (χ2v) is 3.22. The highest BCUT2D eigenvalue weighted by atomic mass is 16.5. The van der Waals surface area contributed by atoms with E-state index in [-0.39, 0.29) is 0 Å². The van der Waals surface area contributed by atoms with Gasteiger partial charge in [-0.25, -0.2) is 0 Å². The van der Waals surface area contributed by atoms with E-state index in [1.54, 1.807) is 38.6 Å². The maximum absolute atomic E-state index is 5.66. The van der Waals surface area contributed by atoms with E-state index in [4.69, 9.17) is 14.2 Å². The van der Waals surface area contributed by atoms with E-state index in [1.807, 2.05) is 12.1 Å². The number of ether oxygens (including phenoxy) is 3. The van der Waals surface area contributed by atoms with Gasteiger partial charge in [0.1, 0.15) is 5.75 Å². The van der Waals surface area contributed by atoms with Crippen LogP contribution in [0.15, 0.2) is 36.5 Å². The molecule has 4 heteroatoms. The third kappa shape index (κ3) is 2.47. The van der Waals surface area contributed by atoms with Crippen LogP contribution in [0.4, 0.5) is 0 Å². The molecule has 0 amide bonds. The minimum absolute atomic E-state index is 0.558. The Kier molecular flexibility index (Phi) is 3.45. The predicted octanol–water partition coefficient (Wildman–Crippen LogP) is 2.69. The third-order valence-corrected chi connectivity index (χ3v) is 2.18. The molecule has 0 aliphatic rings. The Morgan fingerprint density at radius 3 is 2.53 bits per heavy atom. The van der Waals surface area contributed by atoms with Gasteiger partial charge in [-0.2, -0.15) is 0 Å². The fourth-order valence-electron chi connectivity index (χ4n) is 1.43. The van der Waals surface area contributed by atoms with Gasteiger partial charge in [0.05, 0.1) is 26.6 Å². The van der Waals surface area contributed by atoms with Gasteiger partial charge in [0.15, 0.2) is 11.5 Å². The minimum atomic E-state index is 0.558. The van der Waals surface area contributed by atoms with Gasteiger partial charge in [0.2, 0.25) is 5.75 Å². The van der Waals surface area contributed by atoms with Crippen LogP contribution in [0.5, 0.6) is 23.0 Å². The van der Waals surface area contributed by atoms with Crippen molar-refractivity contribution in [3.8, 4) is 23.0 Å². The van der Waals surface area contributed by atoms with Crippen molar-refractivity contribution in [3.63, 3.8) is 0 Å². The Morgan fingerprint density at radius 2 is 1.88 bits per heavy atom. The molecular weight excluding hydrogens is 218 g/mol. The molecule has 0 fully saturated rings. The quantitative estimate of drug-likeness (QED) is 0.809. The Bertz CT molecular complexity index is 485. The zero-order valence-electron chi connectivity index (χ0n) is 9.64. The minimum Gasteiger partial charge on any atom is -0.493 e. The summed E-state index contributed by atoms with van der Waals surface area (Å²) in [6.45, 7) is 0. The number of hydrogen-bond acceptors (Lipinski definition) is 4. The summed E-state index contributed by atoms with van der Waals surface area (Å²) in [7, 11) is 3.16. The van der Waals surface area contributed by atoms with Gasteiger partial charge in [-0.1, -0.05) is 6.07 Å². The summed E-state index contributed by atoms with van der Waals surface area (Å²) in [5, 5.41) is 0. The average Bonchev–Trinajstić information content (AvgIpc) is 2.39. The van der Waals surface area contributed by atoms with Crippen LogP contribution in [-0.4, -0.2) is 19.2 Å². The second kappa shape index (κ2) is 5.21. The van der Waals surface area contributed by atoms with E-state index in [0.717, 1.165) is 0 Å². The molecule has 0 unspecified atom stereocenters. The van der Waals surface area contributed by atoms with Crippen LogP contribution in [0.3, 0.4) is 0 Å². The van der Waals surface area contributed by atoms with Gasteiger partial charge in [-0.3, -0.25) is 4.98 Å². The Labute approximate surface area is 99.8 Å². The first kappa shape index (κ1) is 11.3. The fourth-order valence-corrected chi connectivity index (χ4v) is 1.43. The first-order chi connectivity index (χ1) is 8.35. The van der Waals surface area contributed by atoms with Gasteiger partial charge >= 0.3 is 0 Å². The monoisotopic (exact) mass is 230 g/mol. The number of para-hydroxylation sites is 1. The molecule has 4 nitrogen and oxygen atoms in total. The molecule has 2 aromatic rings. The van der Waals surface area contributed by atoms with E-state index < -0.39 is 0 Å². The lowest BCUT2D eigenvalue weighted by molar-refractivity contribution is 0.336. The Morgan fingerprint density at radius 1 is 1.06 bits per heavy atom. The standard InChI is InChI=1S/C13H12NO3/c1-15-11-6-3-7-12(13(11)16-2)17-10-5-4-8-14-9-10/h3-7,9H,1-2H3. The molecule has 1 radical (unpaired) electrons. The third-order valence-electron chi connectivity index (χ3n) is 2.18. The maximum atomic E-state index is 5.66. The number of aromatic nitrogens is 1. The number of benzene rings is 1. The van der Waals surface area contributed by atoms with Crippen molar-refractivity contribution < 1.29 is 14.2 Å². The average molecular weight is 230 g/mol. The van der Waals surface area contributed by atoms with E-state index in [2.05, 4.69) is 11.2 Å². The number of methoxy groups -OCH3 is 2. The predicted molar refractivity (Wildman–Crippen MR) is 62.7 cm³/mol. The van der Waals surface area contributed by atoms with Crippen LogP contribution >= 0.6 is 0 Å². The first-order valence-electron chi connectivity index (χ1n) is 5.06. The van der Waals surface area contributed by atoms with Crippen LogP contribution < -0.4 is 14.2 Å². The molecule has 0 saturated heterocycles. The fraction of sp³-hybridized carbons (Fsp3) is 0.154. The lowest BCUT2D eigenvalue weighted by Gasteiger charge is -2.12. The topological polar surface area (TPSA) is 40.6 Å². The van der Waals surface area contributed by atoms with Crippen molar-refractivity contribution in [1.82, 2.24) is 4.98 Å². The van der Waals surface area contributed by atoms with Crippen molar-refractivity contribution in [1.29, 1.82) is 0 Å². The van der Waals surface area contributed by atoms with Gasteiger partial charge in [0, 0.05) is 0 Å². The van der Waals surface area contributed by atoms with Crippen LogP contribution in [0.1, 0.15) is 0 Å². The lowest BCUT2D eigenvalue weighted by Crippen LogP contribution is -1.94. The molecule has 0 spiro atoms. The zero-order chi connectivity index (χ0) is 12.1. The summed E-state index contributed by atoms with van der Waals surface area (Å²) in [5.74, 6) is 2.39. The SMILES string of the molecule is COc1cccc(Oc2cc[c]nc2)c1OC. The summed E-state index contributed by atoms with van der Waals surface area (Å²) >= 11 is 0. The highest BCUT2D eigenvalue weighted by Gasteiger charge is 2.11. The molecule has 1 heterocycles. The summed E-state index contributed by atoms with van der Waals surface area (Å²) < 4.78 is 16.1. The molecule has 2 rings (SSSR count). The molecule has 0 atom stereocenters. The Balaban J connectivity index is 2.33. The molecular formula is C13H12NO3. The van der Waals surface area contributed by atoms with Gasteiger partial charge in [-0.05, 0) is 24.3 Å². The van der Waals surface area contributed by atoms with E-state index >= 15 is 0 Å². The van der Waals surface area contributed by atoms with Crippen molar-refractivity contribution in [2.24, 2.45) is 0 Å². The Hall–Kier alpha value is -2.23. The molecule has 1 aromatic heterocycles. The summed E-state index contributed by atoms with van der Waals surface area (Å²) in [4.78, 5) is 3.86. The van der Waals surface area contributed by atoms with E-state index in [9.17, 15) is 0 Å². The van der Waals surface area contributed by atoms with Crippen molar-refractivity contribution in [3.05, 3.63) is 42.7 Å². The molecule has 0 saturated carbocycles. The number of rotatable bonds is 4. The van der Waals surface area contributed by atoms with E-state index in [1.165, 1.54) is 0 Å². The van der Waals surface area contributed by atoms with Crippen molar-refractivity contribution >= 4 is 0 Å². The van der Waals surface area contributed by atoms with Crippen molar-refractivity contribution in [2.45, 2.75) is 0 Å². The molecule has 0 aliphatic heterocycles. The molecule has 17 heavy (non-hydrogen) atoms. The van der Waals surface area contributed by atoms with E-state index in [0.29, 0.717) is 23.0 Å². The maximum Gasteiger partial charge on any atom is 0.203 e. The second-order valence-electron chi connectivity index (χ2n) is 3.22. The van der Waals surface area contributed by atoms with Crippen LogP contribution in [-0.2, 0) is 0 Å². The van der Waals surface area contributed by atoms with Gasteiger partial charge in [0.25, 0.3) is 0 Å². The van der Waals surface area contributed by atoms with Crippen LogP contribution in [0.25, 0.3) is 0 Å². The summed E-state index contributed by atoms with van der Waals surface area (Å²) in [6.07, 6.45) is 4.27. The smallest absolute Gasteiger partial charge is 0.203 e. The van der Waals surface area contributed by atoms with Gasteiger partial charge in [-0.15, -0.1) is 0 Å². The molecule has 0 aliphatic carbocycles. The highest BCUT2D eigenvalue weighted by molar-refractivity contribution is 5.52. The highest BCUT2D eigenvalue weighted by Crippen LogP contribution is 2.38. The van der Waals surface area contributed by atoms with Crippen LogP contribution in [0, 0.1) is 6.20 Å². The summed E-state index contributed by atoms with van der Waals surface area (Å²) in [6, 6.07) is 8.90. The zero-order valence-corrected chi connectivity index (χ0v) is 9.64. The lowest BCUT2D eigenvalue weighted by atomic mass is 10.3. The van der Waals surface area contributed by atoms with Gasteiger partial charge < -0.3 is 14.2 Å². The largest absolute Gasteiger partial charge is 0.493 e. The van der Waals surface area contributed by atoms with Crippen molar-refractivity contribution in [2.75, 3.05) is 14.2 Å². The molecule has 0 N–H and O–H groups in total. The normalized spacial score (nSPS) is 9.76. The molecule has 1 aromatic carbocycles. The molecule has 87 valence electrons. The first-order valence-corrected chi connectivity index (χ1v) is 5.06. The summed E-state index contributed by atoms with van der Waals surface area (Å²) in [5.41, 5.74) is 0. The number of hydrogen-bond donors (Lipinski definition) is 0.